The van der Waals surface area contributed by atoms with Crippen molar-refractivity contribution in [3.8, 4) is 0 Å². The van der Waals surface area contributed by atoms with E-state index in [1.54, 1.807) is 6.07 Å². The Kier molecular flexibility index (Phi) is 8.52. The third-order valence-electron chi connectivity index (χ3n) is 7.78. The van der Waals surface area contributed by atoms with E-state index in [0.717, 1.165) is 42.8 Å². The highest BCUT2D eigenvalue weighted by molar-refractivity contribution is 6.35. The lowest BCUT2D eigenvalue weighted by Crippen LogP contribution is -2.44. The quantitative estimate of drug-likeness (QED) is 0.318. The van der Waals surface area contributed by atoms with Crippen molar-refractivity contribution in [2.75, 3.05) is 5.32 Å². The Morgan fingerprint density at radius 1 is 0.947 bits per heavy atom. The second-order valence-electron chi connectivity index (χ2n) is 12.6. The third-order valence-corrected chi connectivity index (χ3v) is 8.60. The fourth-order valence-electron chi connectivity index (χ4n) is 5.46. The highest BCUT2D eigenvalue weighted by atomic mass is 35.5. The highest BCUT2D eigenvalue weighted by Gasteiger charge is 2.45. The number of aromatic nitrogens is 4. The molecule has 0 amide bonds. The van der Waals surface area contributed by atoms with Crippen LogP contribution >= 0.6 is 34.8 Å². The van der Waals surface area contributed by atoms with Crippen LogP contribution in [0.15, 0.2) is 48.5 Å². The molecule has 3 aromatic rings. The summed E-state index contributed by atoms with van der Waals surface area (Å²) in [6.07, 6.45) is 8.23. The molecule has 0 radical (unpaired) electrons. The molecule has 38 heavy (non-hydrogen) atoms. The molecule has 0 saturated heterocycles. The summed E-state index contributed by atoms with van der Waals surface area (Å²) in [4.78, 5) is 0. The first-order valence-electron chi connectivity index (χ1n) is 13.2. The fourth-order valence-corrected chi connectivity index (χ4v) is 6.05. The van der Waals surface area contributed by atoms with E-state index in [-0.39, 0.29) is 16.9 Å². The SMILES string of the molecule is CC(C)(C)C1CCC(Nc2ccc(Cl)cc2)(c2nnnn2[C@@H](/C=C/c2ccc(Cl)cc2Cl)C(C)(C)C)CC1. The number of halogens is 3. The van der Waals surface area contributed by atoms with Gasteiger partial charge in [0.05, 0.1) is 11.6 Å². The number of tetrazole rings is 1. The summed E-state index contributed by atoms with van der Waals surface area (Å²) in [7, 11) is 0. The maximum Gasteiger partial charge on any atom is 0.177 e. The number of allylic oxidation sites excluding steroid dienone is 1. The zero-order chi connectivity index (χ0) is 27.7. The van der Waals surface area contributed by atoms with Gasteiger partial charge in [-0.25, -0.2) is 4.68 Å². The maximum absolute atomic E-state index is 6.48. The first-order valence-corrected chi connectivity index (χ1v) is 14.4. The third kappa shape index (κ3) is 6.55. The van der Waals surface area contributed by atoms with Crippen molar-refractivity contribution < 1.29 is 0 Å². The van der Waals surface area contributed by atoms with E-state index in [0.29, 0.717) is 21.0 Å². The van der Waals surface area contributed by atoms with Gasteiger partial charge in [0.1, 0.15) is 0 Å². The Labute approximate surface area is 241 Å². The number of hydrogen-bond donors (Lipinski definition) is 1. The zero-order valence-electron chi connectivity index (χ0n) is 23.1. The molecule has 1 N–H and O–H groups in total. The van der Waals surface area contributed by atoms with Crippen LogP contribution < -0.4 is 5.32 Å². The molecule has 1 aromatic heterocycles. The Morgan fingerprint density at radius 2 is 1.58 bits per heavy atom. The molecule has 4 rings (SSSR count). The molecule has 1 fully saturated rings. The lowest BCUT2D eigenvalue weighted by molar-refractivity contribution is 0.133. The van der Waals surface area contributed by atoms with Crippen LogP contribution in [0.25, 0.3) is 6.08 Å². The summed E-state index contributed by atoms with van der Waals surface area (Å²) in [5, 5.41) is 19.2. The van der Waals surface area contributed by atoms with Crippen molar-refractivity contribution in [1.29, 1.82) is 0 Å². The fraction of sp³-hybridized carbons (Fsp3) is 0.500. The second-order valence-corrected chi connectivity index (χ2v) is 13.9. The molecule has 0 spiro atoms. The molecule has 1 aliphatic rings. The predicted molar refractivity (Wildman–Crippen MR) is 160 cm³/mol. The van der Waals surface area contributed by atoms with Crippen molar-refractivity contribution in [3.05, 3.63) is 75.0 Å². The molecular weight excluding hydrogens is 537 g/mol. The van der Waals surface area contributed by atoms with E-state index in [1.807, 2.05) is 47.2 Å². The number of anilines is 1. The lowest BCUT2D eigenvalue weighted by Gasteiger charge is -2.45. The highest BCUT2D eigenvalue weighted by Crippen LogP contribution is 2.47. The van der Waals surface area contributed by atoms with Gasteiger partial charge in [-0.1, -0.05) is 94.6 Å². The Morgan fingerprint density at radius 3 is 2.16 bits per heavy atom. The van der Waals surface area contributed by atoms with Crippen molar-refractivity contribution >= 4 is 46.6 Å². The molecule has 1 atom stereocenters. The minimum Gasteiger partial charge on any atom is -0.373 e. The smallest absolute Gasteiger partial charge is 0.177 e. The van der Waals surface area contributed by atoms with Gasteiger partial charge in [-0.15, -0.1) is 5.10 Å². The van der Waals surface area contributed by atoms with Crippen LogP contribution in [0, 0.1) is 16.7 Å². The van der Waals surface area contributed by atoms with Crippen LogP contribution in [0.1, 0.15) is 84.7 Å². The van der Waals surface area contributed by atoms with Gasteiger partial charge in [0, 0.05) is 20.8 Å². The van der Waals surface area contributed by atoms with Gasteiger partial charge >= 0.3 is 0 Å². The van der Waals surface area contributed by atoms with Crippen LogP contribution in [0.3, 0.4) is 0 Å². The largest absolute Gasteiger partial charge is 0.373 e. The van der Waals surface area contributed by atoms with Crippen LogP contribution in [0.2, 0.25) is 15.1 Å². The molecule has 0 unspecified atom stereocenters. The van der Waals surface area contributed by atoms with Crippen molar-refractivity contribution in [2.24, 2.45) is 16.7 Å². The number of nitrogens with one attached hydrogen (secondary N) is 1. The second kappa shape index (κ2) is 11.2. The normalized spacial score (nSPS) is 21.6. The molecule has 0 aliphatic heterocycles. The van der Waals surface area contributed by atoms with E-state index < -0.39 is 5.54 Å². The van der Waals surface area contributed by atoms with Gasteiger partial charge in [-0.05, 0) is 94.8 Å². The molecule has 204 valence electrons. The first-order chi connectivity index (χ1) is 17.8. The van der Waals surface area contributed by atoms with Crippen LogP contribution in [0.5, 0.6) is 0 Å². The van der Waals surface area contributed by atoms with Crippen molar-refractivity contribution in [3.63, 3.8) is 0 Å². The van der Waals surface area contributed by atoms with E-state index in [9.17, 15) is 0 Å². The van der Waals surface area contributed by atoms with Gasteiger partial charge in [-0.3, -0.25) is 0 Å². The maximum atomic E-state index is 6.48. The summed E-state index contributed by atoms with van der Waals surface area (Å²) >= 11 is 18.8. The molecular formula is C30H38Cl3N5. The molecule has 0 bridgehead atoms. The minimum absolute atomic E-state index is 0.108. The van der Waals surface area contributed by atoms with Gasteiger partial charge in [0.2, 0.25) is 0 Å². The van der Waals surface area contributed by atoms with Gasteiger partial charge in [0.25, 0.3) is 0 Å². The van der Waals surface area contributed by atoms with Gasteiger partial charge in [-0.2, -0.15) is 0 Å². The average molecular weight is 575 g/mol. The molecule has 1 heterocycles. The van der Waals surface area contributed by atoms with Crippen LogP contribution in [-0.2, 0) is 5.54 Å². The lowest BCUT2D eigenvalue weighted by atomic mass is 9.67. The van der Waals surface area contributed by atoms with Gasteiger partial charge in [0.15, 0.2) is 5.82 Å². The van der Waals surface area contributed by atoms with E-state index in [4.69, 9.17) is 34.8 Å². The van der Waals surface area contributed by atoms with Crippen molar-refractivity contribution in [2.45, 2.75) is 78.8 Å². The Balaban J connectivity index is 1.75. The van der Waals surface area contributed by atoms with Crippen molar-refractivity contribution in [1.82, 2.24) is 20.2 Å². The predicted octanol–water partition coefficient (Wildman–Crippen LogP) is 9.48. The summed E-state index contributed by atoms with van der Waals surface area (Å²) in [5.41, 5.74) is 1.60. The standard InChI is InChI=1S/C30H38Cl3N5/c1-28(2,3)21-15-17-30(18-16-21,34-24-12-10-22(31)11-13-24)27-35-36-37-38(27)26(29(4,5)6)14-8-20-7-9-23(32)19-25(20)33/h7-14,19,21,26,34H,15-18H2,1-6H3/b14-8+/t21?,26-,30?/m0/s1. The number of hydrogen-bond acceptors (Lipinski definition) is 4. The van der Waals surface area contributed by atoms with E-state index in [1.165, 1.54) is 0 Å². The molecule has 1 saturated carbocycles. The first kappa shape index (κ1) is 28.9. The summed E-state index contributed by atoms with van der Waals surface area (Å²) in [6.45, 7) is 13.6. The van der Waals surface area contributed by atoms with E-state index in [2.05, 4.69) is 68.5 Å². The van der Waals surface area contributed by atoms with Crippen LogP contribution in [0.4, 0.5) is 5.69 Å². The average Bonchev–Trinajstić information content (AvgIpc) is 3.31. The molecule has 1 aliphatic carbocycles. The molecule has 8 heteroatoms. The van der Waals surface area contributed by atoms with E-state index >= 15 is 0 Å². The zero-order valence-corrected chi connectivity index (χ0v) is 25.4. The minimum atomic E-state index is -0.408. The Hall–Kier alpha value is -2.08. The van der Waals surface area contributed by atoms with Gasteiger partial charge < -0.3 is 5.32 Å². The topological polar surface area (TPSA) is 55.6 Å². The summed E-state index contributed by atoms with van der Waals surface area (Å²) in [5.74, 6) is 1.49. The number of benzene rings is 2. The monoisotopic (exact) mass is 573 g/mol. The summed E-state index contributed by atoms with van der Waals surface area (Å²) in [6, 6.07) is 13.3. The summed E-state index contributed by atoms with van der Waals surface area (Å²) < 4.78 is 2.00. The van der Waals surface area contributed by atoms with Crippen LogP contribution in [-0.4, -0.2) is 20.2 Å². The Bertz CT molecular complexity index is 1260. The number of nitrogens with zero attached hydrogens (tertiary/aromatic N) is 4. The number of rotatable bonds is 6. The molecule has 2 aromatic carbocycles. The molecule has 5 nitrogen and oxygen atoms in total.